The molecule has 0 radical (unpaired) electrons. The second-order valence-corrected chi connectivity index (χ2v) is 6.46. The third-order valence-corrected chi connectivity index (χ3v) is 4.48. The summed E-state index contributed by atoms with van der Waals surface area (Å²) in [5.41, 5.74) is 4.57. The van der Waals surface area contributed by atoms with Gasteiger partial charge in [0.2, 0.25) is 0 Å². The zero-order chi connectivity index (χ0) is 18.0. The summed E-state index contributed by atoms with van der Waals surface area (Å²) in [6.07, 6.45) is 1.41. The molecule has 2 aromatic rings. The van der Waals surface area contributed by atoms with Crippen molar-refractivity contribution in [1.29, 1.82) is 0 Å². The average molecular weight is 341 g/mol. The van der Waals surface area contributed by atoms with Gasteiger partial charge in [-0.1, -0.05) is 29.8 Å². The predicted molar refractivity (Wildman–Crippen MR) is 95.3 cm³/mol. The highest BCUT2D eigenvalue weighted by Crippen LogP contribution is 2.44. The smallest absolute Gasteiger partial charge is 0.438 e. The van der Waals surface area contributed by atoms with Gasteiger partial charge in [-0.05, 0) is 55.9 Å². The molecule has 132 valence electrons. The first-order chi connectivity index (χ1) is 12.0. The number of hydrogen-bond acceptors (Lipinski definition) is 4. The molecule has 0 spiro atoms. The number of ether oxygens (including phenoxy) is 2. The molecule has 0 heterocycles. The van der Waals surface area contributed by atoms with Crippen LogP contribution in [0.2, 0.25) is 0 Å². The monoisotopic (exact) mass is 341 g/mol. The van der Waals surface area contributed by atoms with Crippen molar-refractivity contribution in [2.45, 2.75) is 39.2 Å². The number of hydrogen-bond donors (Lipinski definition) is 1. The third kappa shape index (κ3) is 3.77. The second-order valence-electron chi connectivity index (χ2n) is 6.46. The van der Waals surface area contributed by atoms with Gasteiger partial charge in [0.05, 0.1) is 12.8 Å². The minimum Gasteiger partial charge on any atom is -0.489 e. The maximum absolute atomic E-state index is 11.7. The first-order valence-electron chi connectivity index (χ1n) is 8.40. The van der Waals surface area contributed by atoms with Crippen LogP contribution in [0.15, 0.2) is 36.4 Å². The van der Waals surface area contributed by atoms with Crippen LogP contribution in [0.5, 0.6) is 5.75 Å². The summed E-state index contributed by atoms with van der Waals surface area (Å²) in [4.78, 5) is 11.7. The maximum Gasteiger partial charge on any atom is 0.438 e. The molecule has 5 heteroatoms. The highest BCUT2D eigenvalue weighted by molar-refractivity contribution is 5.86. The Bertz CT molecular complexity index is 783. The summed E-state index contributed by atoms with van der Waals surface area (Å²) >= 11 is 0. The number of aryl methyl sites for hydroxylation is 2. The van der Waals surface area contributed by atoms with E-state index in [-0.39, 0.29) is 6.61 Å². The number of anilines is 1. The Morgan fingerprint density at radius 2 is 2.00 bits per heavy atom. The van der Waals surface area contributed by atoms with Crippen LogP contribution in [0, 0.1) is 13.8 Å². The standard InChI is InChI=1S/C20H23NO4/c1-13-7-10-19(14(2)11-13)25-12-17-16(15-8-9-15)5-4-6-18(17)21(23)20(22)24-3/h4-7,10-11,15,23H,8-9,12H2,1-3H3. The summed E-state index contributed by atoms with van der Waals surface area (Å²) < 4.78 is 10.6. The lowest BCUT2D eigenvalue weighted by atomic mass is 10.0. The molecule has 0 saturated heterocycles. The van der Waals surface area contributed by atoms with Crippen molar-refractivity contribution in [3.63, 3.8) is 0 Å². The van der Waals surface area contributed by atoms with E-state index in [1.807, 2.05) is 38.1 Å². The molecular weight excluding hydrogens is 318 g/mol. The molecule has 3 rings (SSSR count). The number of rotatable bonds is 5. The van der Waals surface area contributed by atoms with Gasteiger partial charge in [-0.25, -0.2) is 4.79 Å². The summed E-state index contributed by atoms with van der Waals surface area (Å²) in [7, 11) is 1.24. The van der Waals surface area contributed by atoms with Crippen molar-refractivity contribution < 1.29 is 19.5 Å². The molecule has 2 aromatic carbocycles. The van der Waals surface area contributed by atoms with Gasteiger partial charge in [0.15, 0.2) is 0 Å². The van der Waals surface area contributed by atoms with Crippen molar-refractivity contribution in [3.8, 4) is 5.75 Å². The molecule has 25 heavy (non-hydrogen) atoms. The number of benzene rings is 2. The van der Waals surface area contributed by atoms with Gasteiger partial charge in [-0.3, -0.25) is 5.21 Å². The molecule has 1 aliphatic rings. The van der Waals surface area contributed by atoms with E-state index < -0.39 is 6.09 Å². The Labute approximate surface area is 147 Å². The van der Waals surface area contributed by atoms with Gasteiger partial charge < -0.3 is 9.47 Å². The Morgan fingerprint density at radius 1 is 1.24 bits per heavy atom. The number of nitrogens with zero attached hydrogens (tertiary/aromatic N) is 1. The Balaban J connectivity index is 1.91. The van der Waals surface area contributed by atoms with E-state index in [4.69, 9.17) is 4.74 Å². The predicted octanol–water partition coefficient (Wildman–Crippen LogP) is 4.72. The van der Waals surface area contributed by atoms with Crippen LogP contribution >= 0.6 is 0 Å². The van der Waals surface area contributed by atoms with Crippen molar-refractivity contribution in [2.75, 3.05) is 12.2 Å². The molecule has 1 aliphatic carbocycles. The Hall–Kier alpha value is -2.53. The molecule has 0 unspecified atom stereocenters. The van der Waals surface area contributed by atoms with E-state index in [1.54, 1.807) is 6.07 Å². The van der Waals surface area contributed by atoms with E-state index in [1.165, 1.54) is 12.7 Å². The topological polar surface area (TPSA) is 59.0 Å². The van der Waals surface area contributed by atoms with Crippen LogP contribution in [0.1, 0.15) is 41.0 Å². The minimum atomic E-state index is -0.819. The average Bonchev–Trinajstić information content (AvgIpc) is 3.44. The Morgan fingerprint density at radius 3 is 2.64 bits per heavy atom. The van der Waals surface area contributed by atoms with E-state index in [2.05, 4.69) is 10.8 Å². The molecule has 0 atom stereocenters. The molecule has 0 aliphatic heterocycles. The zero-order valence-corrected chi connectivity index (χ0v) is 14.8. The second kappa shape index (κ2) is 7.15. The molecular formula is C20H23NO4. The fraction of sp³-hybridized carbons (Fsp3) is 0.350. The normalized spacial score (nSPS) is 13.4. The van der Waals surface area contributed by atoms with Crippen LogP contribution in [-0.4, -0.2) is 18.4 Å². The number of carbonyl (C=O) groups is 1. The quantitative estimate of drug-likeness (QED) is 0.631. The molecule has 0 bridgehead atoms. The van der Waals surface area contributed by atoms with Crippen molar-refractivity contribution in [3.05, 3.63) is 58.7 Å². The van der Waals surface area contributed by atoms with Crippen LogP contribution in [0.4, 0.5) is 10.5 Å². The fourth-order valence-electron chi connectivity index (χ4n) is 3.02. The van der Waals surface area contributed by atoms with Gasteiger partial charge in [0, 0.05) is 5.56 Å². The highest BCUT2D eigenvalue weighted by atomic mass is 16.6. The Kier molecular flexibility index (Phi) is 4.95. The van der Waals surface area contributed by atoms with Gasteiger partial charge in [-0.15, -0.1) is 0 Å². The van der Waals surface area contributed by atoms with Gasteiger partial charge in [0.25, 0.3) is 0 Å². The molecule has 5 nitrogen and oxygen atoms in total. The fourth-order valence-corrected chi connectivity index (χ4v) is 3.02. The minimum absolute atomic E-state index is 0.278. The number of carbonyl (C=O) groups excluding carboxylic acids is 1. The lowest BCUT2D eigenvalue weighted by Crippen LogP contribution is -2.28. The van der Waals surface area contributed by atoms with Crippen LogP contribution in [0.3, 0.4) is 0 Å². The van der Waals surface area contributed by atoms with Crippen molar-refractivity contribution >= 4 is 11.8 Å². The lowest BCUT2D eigenvalue weighted by Gasteiger charge is -2.20. The van der Waals surface area contributed by atoms with Gasteiger partial charge >= 0.3 is 6.09 Å². The first-order valence-corrected chi connectivity index (χ1v) is 8.40. The van der Waals surface area contributed by atoms with Crippen LogP contribution < -0.4 is 9.80 Å². The molecule has 1 saturated carbocycles. The molecule has 1 N–H and O–H groups in total. The zero-order valence-electron chi connectivity index (χ0n) is 14.8. The van der Waals surface area contributed by atoms with Gasteiger partial charge in [0.1, 0.15) is 12.4 Å². The van der Waals surface area contributed by atoms with E-state index in [0.717, 1.165) is 35.3 Å². The number of methoxy groups -OCH3 is 1. The highest BCUT2D eigenvalue weighted by Gasteiger charge is 2.29. The summed E-state index contributed by atoms with van der Waals surface area (Å²) in [6.45, 7) is 4.32. The molecule has 1 fully saturated rings. The van der Waals surface area contributed by atoms with Crippen LogP contribution in [0.25, 0.3) is 0 Å². The number of amides is 1. The number of hydroxylamine groups is 1. The van der Waals surface area contributed by atoms with Gasteiger partial charge in [-0.2, -0.15) is 5.06 Å². The van der Waals surface area contributed by atoms with Crippen molar-refractivity contribution in [2.24, 2.45) is 0 Å². The molecule has 1 amide bonds. The van der Waals surface area contributed by atoms with E-state index in [0.29, 0.717) is 16.7 Å². The first kappa shape index (κ1) is 17.3. The third-order valence-electron chi connectivity index (χ3n) is 4.48. The van der Waals surface area contributed by atoms with E-state index >= 15 is 0 Å². The van der Waals surface area contributed by atoms with E-state index in [9.17, 15) is 10.0 Å². The maximum atomic E-state index is 11.7. The summed E-state index contributed by atoms with van der Waals surface area (Å²) in [5.74, 6) is 1.26. The van der Waals surface area contributed by atoms with Crippen LogP contribution in [-0.2, 0) is 11.3 Å². The summed E-state index contributed by atoms with van der Waals surface area (Å²) in [6, 6.07) is 11.6. The summed E-state index contributed by atoms with van der Waals surface area (Å²) in [5, 5.41) is 10.7. The van der Waals surface area contributed by atoms with Crippen molar-refractivity contribution in [1.82, 2.24) is 0 Å². The SMILES string of the molecule is COC(=O)N(O)c1cccc(C2CC2)c1COc1ccc(C)cc1C. The molecule has 0 aromatic heterocycles. The largest absolute Gasteiger partial charge is 0.489 e. The lowest BCUT2D eigenvalue weighted by molar-refractivity contribution is 0.140.